The van der Waals surface area contributed by atoms with Crippen molar-refractivity contribution in [2.24, 2.45) is 0 Å². The van der Waals surface area contributed by atoms with Gasteiger partial charge in [0.15, 0.2) is 0 Å². The Kier molecular flexibility index (Phi) is 16.5. The molecule has 0 aliphatic heterocycles. The summed E-state index contributed by atoms with van der Waals surface area (Å²) in [7, 11) is 0. The van der Waals surface area contributed by atoms with Crippen molar-refractivity contribution in [2.45, 2.75) is 91.4 Å². The summed E-state index contributed by atoms with van der Waals surface area (Å²) >= 11 is 0. The Bertz CT molecular complexity index is 1150. The van der Waals surface area contributed by atoms with Gasteiger partial charge in [-0.2, -0.15) is 0 Å². The second kappa shape index (κ2) is 20.2. The highest BCUT2D eigenvalue weighted by atomic mass is 16.5. The summed E-state index contributed by atoms with van der Waals surface area (Å²) in [6, 6.07) is 22.0. The van der Waals surface area contributed by atoms with E-state index in [1.165, 1.54) is 44.9 Å². The van der Waals surface area contributed by atoms with Crippen LogP contribution in [0.25, 0.3) is 11.1 Å². The molecule has 0 bridgehead atoms. The van der Waals surface area contributed by atoms with Gasteiger partial charge in [-0.15, -0.1) is 0 Å². The molecule has 0 aliphatic carbocycles. The van der Waals surface area contributed by atoms with Crippen LogP contribution in [0.15, 0.2) is 72.8 Å². The van der Waals surface area contributed by atoms with Crippen molar-refractivity contribution in [1.29, 1.82) is 0 Å². The van der Waals surface area contributed by atoms with Crippen LogP contribution in [-0.2, 0) is 9.53 Å². The lowest BCUT2D eigenvalue weighted by Gasteiger charge is -2.08. The minimum absolute atomic E-state index is 0.284. The molecule has 3 aromatic rings. The molecule has 0 atom stereocenters. The van der Waals surface area contributed by atoms with Crippen LogP contribution in [-0.4, -0.2) is 24.8 Å². The third-order valence-corrected chi connectivity index (χ3v) is 6.71. The Hall–Kier alpha value is -3.73. The largest absolute Gasteiger partial charge is 0.462 e. The summed E-state index contributed by atoms with van der Waals surface area (Å²) in [6.07, 6.45) is 13.5. The minimum atomic E-state index is -0.383. The van der Waals surface area contributed by atoms with Gasteiger partial charge in [-0.1, -0.05) is 107 Å². The molecule has 5 nitrogen and oxygen atoms in total. The van der Waals surface area contributed by atoms with E-state index in [0.29, 0.717) is 23.5 Å². The van der Waals surface area contributed by atoms with E-state index in [-0.39, 0.29) is 11.9 Å². The fourth-order valence-electron chi connectivity index (χ4n) is 4.15. The zero-order valence-electron chi connectivity index (χ0n) is 25.0. The third kappa shape index (κ3) is 13.5. The second-order valence-electron chi connectivity index (χ2n) is 10.3. The summed E-state index contributed by atoms with van der Waals surface area (Å²) in [4.78, 5) is 34.3. The maximum atomic E-state index is 12.3. The molecule has 0 saturated heterocycles. The number of aryl methyl sites for hydroxylation is 1. The standard InChI is InChI=1S/C29H32O4.C7H14O/c1-3-4-5-6-7-8-21-32-28(30)25-15-13-23(14-16-25)24-17-19-27(20-18-24)33-29(31)26-11-9-22(2)10-12-26;1-2-3-4-5-6-7-8/h9-20H,3-8,21H2,1-2H3;7H,2-6H2,1H3. The first-order valence-corrected chi connectivity index (χ1v) is 15.1. The molecule has 3 aromatic carbocycles. The summed E-state index contributed by atoms with van der Waals surface area (Å²) in [5, 5.41) is 0. The quantitative estimate of drug-likeness (QED) is 0.0758. The van der Waals surface area contributed by atoms with E-state index in [0.717, 1.165) is 48.7 Å². The Labute approximate surface area is 246 Å². The Balaban J connectivity index is 0.000000642. The predicted molar refractivity (Wildman–Crippen MR) is 166 cm³/mol. The number of ether oxygens (including phenoxy) is 2. The fraction of sp³-hybridized carbons (Fsp3) is 0.417. The number of hydrogen-bond acceptors (Lipinski definition) is 5. The number of esters is 2. The number of benzene rings is 3. The molecule has 0 N–H and O–H groups in total. The van der Waals surface area contributed by atoms with Crippen LogP contribution < -0.4 is 4.74 Å². The highest BCUT2D eigenvalue weighted by Gasteiger charge is 2.10. The molecule has 0 unspecified atom stereocenters. The van der Waals surface area contributed by atoms with Gasteiger partial charge >= 0.3 is 11.9 Å². The first-order chi connectivity index (χ1) is 20.0. The van der Waals surface area contributed by atoms with Crippen molar-refractivity contribution < 1.29 is 23.9 Å². The zero-order chi connectivity index (χ0) is 29.7. The Morgan fingerprint density at radius 3 is 1.68 bits per heavy atom. The molecule has 0 aliphatic rings. The SMILES string of the molecule is CCCCCCC=O.CCCCCCCCOC(=O)c1ccc(-c2ccc(OC(=O)c3ccc(C)cc3)cc2)cc1. The molecule has 220 valence electrons. The van der Waals surface area contributed by atoms with Crippen LogP contribution in [0.5, 0.6) is 5.75 Å². The van der Waals surface area contributed by atoms with Gasteiger partial charge in [-0.25, -0.2) is 9.59 Å². The average molecular weight is 559 g/mol. The van der Waals surface area contributed by atoms with Gasteiger partial charge in [0.2, 0.25) is 0 Å². The number of unbranched alkanes of at least 4 members (excludes halogenated alkanes) is 9. The maximum absolute atomic E-state index is 12.3. The highest BCUT2D eigenvalue weighted by Crippen LogP contribution is 2.24. The predicted octanol–water partition coefficient (Wildman–Crippen LogP) is 9.55. The molecule has 3 rings (SSSR count). The lowest BCUT2D eigenvalue weighted by atomic mass is 10.0. The first kappa shape index (κ1) is 33.5. The van der Waals surface area contributed by atoms with Gasteiger partial charge in [0.1, 0.15) is 12.0 Å². The summed E-state index contributed by atoms with van der Waals surface area (Å²) in [5.41, 5.74) is 4.10. The molecule has 0 amide bonds. The molecule has 0 heterocycles. The van der Waals surface area contributed by atoms with Crippen molar-refractivity contribution >= 4 is 18.2 Å². The fourth-order valence-corrected chi connectivity index (χ4v) is 4.15. The zero-order valence-corrected chi connectivity index (χ0v) is 25.0. The van der Waals surface area contributed by atoms with Crippen LogP contribution in [0.1, 0.15) is 111 Å². The van der Waals surface area contributed by atoms with E-state index in [4.69, 9.17) is 9.47 Å². The maximum Gasteiger partial charge on any atom is 0.343 e. The number of rotatable bonds is 16. The van der Waals surface area contributed by atoms with E-state index >= 15 is 0 Å². The van der Waals surface area contributed by atoms with E-state index in [1.807, 2.05) is 43.3 Å². The molecule has 0 aromatic heterocycles. The van der Waals surface area contributed by atoms with Crippen molar-refractivity contribution in [3.63, 3.8) is 0 Å². The summed E-state index contributed by atoms with van der Waals surface area (Å²) in [6.45, 7) is 6.81. The average Bonchev–Trinajstić information content (AvgIpc) is 3.00. The first-order valence-electron chi connectivity index (χ1n) is 15.1. The Morgan fingerprint density at radius 2 is 1.10 bits per heavy atom. The van der Waals surface area contributed by atoms with Crippen LogP contribution >= 0.6 is 0 Å². The molecule has 0 fully saturated rings. The molecular weight excluding hydrogens is 512 g/mol. The van der Waals surface area contributed by atoms with Crippen molar-refractivity contribution in [3.8, 4) is 16.9 Å². The Morgan fingerprint density at radius 1 is 0.610 bits per heavy atom. The molecule has 0 radical (unpaired) electrons. The molecule has 0 saturated carbocycles. The van der Waals surface area contributed by atoms with Crippen LogP contribution in [0.3, 0.4) is 0 Å². The topological polar surface area (TPSA) is 69.7 Å². The number of carbonyl (C=O) groups excluding carboxylic acids is 3. The van der Waals surface area contributed by atoms with Gasteiger partial charge in [-0.05, 0) is 67.3 Å². The van der Waals surface area contributed by atoms with Crippen LogP contribution in [0.4, 0.5) is 0 Å². The highest BCUT2D eigenvalue weighted by molar-refractivity contribution is 5.91. The summed E-state index contributed by atoms with van der Waals surface area (Å²) in [5.74, 6) is -0.181. The van der Waals surface area contributed by atoms with E-state index in [1.54, 1.807) is 36.4 Å². The molecule has 41 heavy (non-hydrogen) atoms. The van der Waals surface area contributed by atoms with E-state index < -0.39 is 0 Å². The lowest BCUT2D eigenvalue weighted by Crippen LogP contribution is -2.08. The van der Waals surface area contributed by atoms with E-state index in [2.05, 4.69) is 13.8 Å². The van der Waals surface area contributed by atoms with Gasteiger partial charge in [-0.3, -0.25) is 0 Å². The van der Waals surface area contributed by atoms with Gasteiger partial charge < -0.3 is 14.3 Å². The van der Waals surface area contributed by atoms with Crippen molar-refractivity contribution in [3.05, 3.63) is 89.5 Å². The van der Waals surface area contributed by atoms with Crippen LogP contribution in [0.2, 0.25) is 0 Å². The normalized spacial score (nSPS) is 10.3. The molecular formula is C36H46O5. The van der Waals surface area contributed by atoms with Crippen molar-refractivity contribution in [2.75, 3.05) is 6.61 Å². The van der Waals surface area contributed by atoms with Gasteiger partial charge in [0, 0.05) is 6.42 Å². The number of carbonyl (C=O) groups is 3. The van der Waals surface area contributed by atoms with E-state index in [9.17, 15) is 14.4 Å². The lowest BCUT2D eigenvalue weighted by molar-refractivity contribution is -0.107. The van der Waals surface area contributed by atoms with Crippen molar-refractivity contribution in [1.82, 2.24) is 0 Å². The molecule has 5 heteroatoms. The van der Waals surface area contributed by atoms with Gasteiger partial charge in [0.05, 0.1) is 17.7 Å². The third-order valence-electron chi connectivity index (χ3n) is 6.71. The smallest absolute Gasteiger partial charge is 0.343 e. The number of aldehydes is 1. The molecule has 0 spiro atoms. The minimum Gasteiger partial charge on any atom is -0.462 e. The number of hydrogen-bond donors (Lipinski definition) is 0. The van der Waals surface area contributed by atoms with Gasteiger partial charge in [0.25, 0.3) is 0 Å². The summed E-state index contributed by atoms with van der Waals surface area (Å²) < 4.78 is 10.8. The van der Waals surface area contributed by atoms with Crippen LogP contribution in [0, 0.1) is 6.92 Å². The second-order valence-corrected chi connectivity index (χ2v) is 10.3. The monoisotopic (exact) mass is 558 g/mol.